The molecule has 5 heterocycles. The minimum atomic E-state index is -0.304. The van der Waals surface area contributed by atoms with Crippen LogP contribution in [-0.2, 0) is 4.79 Å². The molecule has 9 nitrogen and oxygen atoms in total. The quantitative estimate of drug-likeness (QED) is 0.381. The van der Waals surface area contributed by atoms with Crippen LogP contribution in [0, 0.1) is 5.92 Å². The number of carbonyl (C=O) groups excluding carboxylic acids is 2. The van der Waals surface area contributed by atoms with E-state index in [2.05, 4.69) is 29.6 Å². The van der Waals surface area contributed by atoms with Gasteiger partial charge in [-0.05, 0) is 42.0 Å². The van der Waals surface area contributed by atoms with Crippen molar-refractivity contribution in [2.24, 2.45) is 5.92 Å². The molecule has 0 saturated carbocycles. The van der Waals surface area contributed by atoms with E-state index in [-0.39, 0.29) is 17.9 Å². The van der Waals surface area contributed by atoms with Crippen molar-refractivity contribution in [1.29, 1.82) is 0 Å². The van der Waals surface area contributed by atoms with Gasteiger partial charge < -0.3 is 15.5 Å². The lowest BCUT2D eigenvalue weighted by Gasteiger charge is -2.40. The van der Waals surface area contributed by atoms with Crippen LogP contribution in [0.2, 0.25) is 0 Å². The monoisotopic (exact) mass is 503 g/mol. The molecular weight excluding hydrogens is 474 g/mol. The van der Waals surface area contributed by atoms with E-state index in [9.17, 15) is 9.59 Å². The van der Waals surface area contributed by atoms with E-state index in [4.69, 9.17) is 9.97 Å². The SMILES string of the molecule is CC[C@H](C)CNC(=O)c1cc(-c2cnn3ccc(-c4cccs4)nc23)nc(N2CC[C@H]2C(=O)NC)c1. The van der Waals surface area contributed by atoms with Gasteiger partial charge in [0.15, 0.2) is 5.65 Å². The standard InChI is InChI=1S/C26H29N7O2S/c1-4-16(2)14-28-25(34)17-12-20(30-23(13-17)32-9-8-21(32)26(35)27-3)18-15-29-33-10-7-19(31-24(18)33)22-6-5-11-36-22/h5-7,10-13,15-16,21H,4,8-9,14H2,1-3H3,(H,27,35)(H,28,34)/t16-,21-/m0/s1. The number of nitrogens with zero attached hydrogens (tertiary/aromatic N) is 5. The van der Waals surface area contributed by atoms with E-state index in [1.807, 2.05) is 34.7 Å². The number of likely N-dealkylation sites (N-methyl/N-ethyl adjacent to an activating group) is 1. The summed E-state index contributed by atoms with van der Waals surface area (Å²) >= 11 is 1.62. The van der Waals surface area contributed by atoms with Gasteiger partial charge in [-0.15, -0.1) is 11.3 Å². The number of aromatic nitrogens is 4. The van der Waals surface area contributed by atoms with Gasteiger partial charge in [-0.1, -0.05) is 26.3 Å². The van der Waals surface area contributed by atoms with Crippen LogP contribution in [0.15, 0.2) is 48.1 Å². The van der Waals surface area contributed by atoms with Crippen molar-refractivity contribution in [1.82, 2.24) is 30.2 Å². The van der Waals surface area contributed by atoms with Gasteiger partial charge in [0.2, 0.25) is 5.91 Å². The zero-order valence-electron chi connectivity index (χ0n) is 20.6. The van der Waals surface area contributed by atoms with Crippen molar-refractivity contribution >= 4 is 34.6 Å². The first kappa shape index (κ1) is 23.9. The maximum absolute atomic E-state index is 13.1. The third-order valence-corrected chi connectivity index (χ3v) is 7.56. The van der Waals surface area contributed by atoms with Crippen molar-refractivity contribution in [3.05, 3.63) is 53.7 Å². The summed E-state index contributed by atoms with van der Waals surface area (Å²) in [6.07, 6.45) is 5.32. The average Bonchev–Trinajstić information content (AvgIpc) is 3.56. The number of fused-ring (bicyclic) bond motifs is 1. The molecule has 0 aromatic carbocycles. The molecule has 2 N–H and O–H groups in total. The third kappa shape index (κ3) is 4.56. The second kappa shape index (κ2) is 10.1. The van der Waals surface area contributed by atoms with Crippen LogP contribution in [0.1, 0.15) is 37.0 Å². The Morgan fingerprint density at radius 1 is 1.22 bits per heavy atom. The van der Waals surface area contributed by atoms with E-state index < -0.39 is 0 Å². The van der Waals surface area contributed by atoms with Gasteiger partial charge in [-0.25, -0.2) is 14.5 Å². The highest BCUT2D eigenvalue weighted by Crippen LogP contribution is 2.31. The number of thiophene rings is 1. The summed E-state index contributed by atoms with van der Waals surface area (Å²) in [6.45, 7) is 5.49. The third-order valence-electron chi connectivity index (χ3n) is 6.66. The Labute approximate surface area is 213 Å². The van der Waals surface area contributed by atoms with Gasteiger partial charge in [-0.3, -0.25) is 9.59 Å². The summed E-state index contributed by atoms with van der Waals surface area (Å²) in [6, 6.07) is 9.19. The Hall–Kier alpha value is -3.79. The second-order valence-corrected chi connectivity index (χ2v) is 10.00. The molecule has 1 aliphatic heterocycles. The maximum Gasteiger partial charge on any atom is 0.251 e. The second-order valence-electron chi connectivity index (χ2n) is 9.05. The molecule has 0 spiro atoms. The molecule has 4 aromatic rings. The van der Waals surface area contributed by atoms with E-state index in [1.54, 1.807) is 41.2 Å². The summed E-state index contributed by atoms with van der Waals surface area (Å²) in [7, 11) is 1.63. The van der Waals surface area contributed by atoms with Crippen molar-refractivity contribution in [3.8, 4) is 21.8 Å². The van der Waals surface area contributed by atoms with Crippen molar-refractivity contribution in [3.63, 3.8) is 0 Å². The Balaban J connectivity index is 1.57. The predicted octanol–water partition coefficient (Wildman–Crippen LogP) is 3.62. The van der Waals surface area contributed by atoms with Crippen LogP contribution < -0.4 is 15.5 Å². The number of amides is 2. The number of nitrogens with one attached hydrogen (secondary N) is 2. The highest BCUT2D eigenvalue weighted by molar-refractivity contribution is 7.13. The lowest BCUT2D eigenvalue weighted by atomic mass is 10.0. The van der Waals surface area contributed by atoms with Gasteiger partial charge in [-0.2, -0.15) is 5.10 Å². The first-order valence-electron chi connectivity index (χ1n) is 12.2. The van der Waals surface area contributed by atoms with Gasteiger partial charge in [0.25, 0.3) is 5.91 Å². The number of anilines is 1. The van der Waals surface area contributed by atoms with E-state index in [0.717, 1.165) is 29.0 Å². The van der Waals surface area contributed by atoms with Gasteiger partial charge in [0.1, 0.15) is 11.9 Å². The fraction of sp³-hybridized carbons (Fsp3) is 0.346. The number of rotatable bonds is 8. The smallest absolute Gasteiger partial charge is 0.251 e. The molecule has 2 atom stereocenters. The Bertz CT molecular complexity index is 1400. The zero-order chi connectivity index (χ0) is 25.2. The molecule has 1 fully saturated rings. The highest BCUT2D eigenvalue weighted by Gasteiger charge is 2.35. The first-order valence-corrected chi connectivity index (χ1v) is 13.0. The maximum atomic E-state index is 13.1. The molecule has 0 aliphatic carbocycles. The summed E-state index contributed by atoms with van der Waals surface area (Å²) in [5, 5.41) is 12.2. The van der Waals surface area contributed by atoms with Crippen LogP contribution in [0.3, 0.4) is 0 Å². The molecule has 0 unspecified atom stereocenters. The molecule has 10 heteroatoms. The van der Waals surface area contributed by atoms with Crippen LogP contribution in [-0.4, -0.2) is 57.6 Å². The fourth-order valence-corrected chi connectivity index (χ4v) is 4.85. The van der Waals surface area contributed by atoms with Crippen molar-refractivity contribution in [2.75, 3.05) is 25.0 Å². The Morgan fingerprint density at radius 2 is 2.08 bits per heavy atom. The van der Waals surface area contributed by atoms with Crippen LogP contribution in [0.25, 0.3) is 27.5 Å². The fourth-order valence-electron chi connectivity index (χ4n) is 4.16. The number of pyridine rings is 1. The molecule has 5 rings (SSSR count). The summed E-state index contributed by atoms with van der Waals surface area (Å²) in [5.41, 5.74) is 3.32. The number of carbonyl (C=O) groups is 2. The minimum Gasteiger partial charge on any atom is -0.357 e. The largest absolute Gasteiger partial charge is 0.357 e. The molecule has 0 bridgehead atoms. The molecular formula is C26H29N7O2S. The molecule has 1 aliphatic rings. The molecule has 1 saturated heterocycles. The van der Waals surface area contributed by atoms with Crippen LogP contribution in [0.4, 0.5) is 5.82 Å². The molecule has 0 radical (unpaired) electrons. The van der Waals surface area contributed by atoms with Crippen molar-refractivity contribution < 1.29 is 9.59 Å². The van der Waals surface area contributed by atoms with Crippen LogP contribution in [0.5, 0.6) is 0 Å². The molecule has 2 amide bonds. The Morgan fingerprint density at radius 3 is 2.78 bits per heavy atom. The highest BCUT2D eigenvalue weighted by atomic mass is 32.1. The number of hydrogen-bond donors (Lipinski definition) is 2. The van der Waals surface area contributed by atoms with Crippen LogP contribution >= 0.6 is 11.3 Å². The topological polar surface area (TPSA) is 105 Å². The number of hydrogen-bond acceptors (Lipinski definition) is 7. The predicted molar refractivity (Wildman–Crippen MR) is 141 cm³/mol. The average molecular weight is 504 g/mol. The van der Waals surface area contributed by atoms with Gasteiger partial charge >= 0.3 is 0 Å². The zero-order valence-corrected chi connectivity index (χ0v) is 21.4. The van der Waals surface area contributed by atoms with E-state index >= 15 is 0 Å². The molecule has 4 aromatic heterocycles. The summed E-state index contributed by atoms with van der Waals surface area (Å²) in [5.74, 6) is 0.743. The van der Waals surface area contributed by atoms with Crippen molar-refractivity contribution in [2.45, 2.75) is 32.7 Å². The minimum absolute atomic E-state index is 0.0607. The lowest BCUT2D eigenvalue weighted by Crippen LogP contribution is -2.56. The first-order chi connectivity index (χ1) is 17.5. The summed E-state index contributed by atoms with van der Waals surface area (Å²) < 4.78 is 1.71. The molecule has 186 valence electrons. The lowest BCUT2D eigenvalue weighted by molar-refractivity contribution is -0.123. The van der Waals surface area contributed by atoms with E-state index in [0.29, 0.717) is 41.7 Å². The van der Waals surface area contributed by atoms with Gasteiger partial charge in [0, 0.05) is 31.9 Å². The summed E-state index contributed by atoms with van der Waals surface area (Å²) in [4.78, 5) is 38.2. The van der Waals surface area contributed by atoms with Gasteiger partial charge in [0.05, 0.1) is 28.0 Å². The molecule has 36 heavy (non-hydrogen) atoms. The van der Waals surface area contributed by atoms with E-state index in [1.165, 1.54) is 0 Å². The normalized spacial score (nSPS) is 16.0. The Kier molecular flexibility index (Phi) is 6.69.